The van der Waals surface area contributed by atoms with Crippen LogP contribution in [0.25, 0.3) is 88.6 Å². The fourth-order valence-electron chi connectivity index (χ4n) is 17.6. The number of thiazole rings is 3. The van der Waals surface area contributed by atoms with E-state index in [1.165, 1.54) is 40.3 Å². The number of fused-ring (bicyclic) bond motifs is 4. The highest BCUT2D eigenvalue weighted by molar-refractivity contribution is 7.11. The van der Waals surface area contributed by atoms with Gasteiger partial charge < -0.3 is 58.5 Å². The van der Waals surface area contributed by atoms with Crippen LogP contribution >= 0.6 is 34.0 Å². The van der Waals surface area contributed by atoms with Crippen molar-refractivity contribution in [3.63, 3.8) is 0 Å². The molecule has 4 saturated carbocycles. The van der Waals surface area contributed by atoms with E-state index < -0.39 is 28.2 Å². The molecule has 4 aliphatic rings. The van der Waals surface area contributed by atoms with Gasteiger partial charge in [-0.3, -0.25) is 19.9 Å². The molecule has 4 aliphatic carbocycles. The molecule has 2 atom stereocenters. The van der Waals surface area contributed by atoms with Gasteiger partial charge in [0.05, 0.1) is 89.7 Å². The van der Waals surface area contributed by atoms with E-state index in [0.29, 0.717) is 117 Å². The third-order valence-corrected chi connectivity index (χ3v) is 27.2. The number of aliphatic hydroxyl groups is 4. The Labute approximate surface area is 760 Å². The lowest BCUT2D eigenvalue weighted by Gasteiger charge is -2.29. The molecule has 24 rings (SSSR count). The van der Waals surface area contributed by atoms with Crippen LogP contribution in [-0.4, -0.2) is 126 Å². The number of aromatic nitrogens is 21. The second-order valence-electron chi connectivity index (χ2n) is 33.5. The lowest BCUT2D eigenvalue weighted by Crippen LogP contribution is -2.31. The van der Waals surface area contributed by atoms with Crippen LogP contribution in [0.3, 0.4) is 0 Å². The van der Waals surface area contributed by atoms with E-state index in [9.17, 15) is 20.4 Å². The largest absolute Gasteiger partial charge is 0.374 e. The van der Waals surface area contributed by atoms with Crippen molar-refractivity contribution in [1.29, 1.82) is 0 Å². The van der Waals surface area contributed by atoms with Gasteiger partial charge in [0.25, 0.3) is 0 Å². The molecule has 33 heteroatoms. The predicted molar refractivity (Wildman–Crippen MR) is 493 cm³/mol. The smallest absolute Gasteiger partial charge is 0.195 e. The van der Waals surface area contributed by atoms with Crippen molar-refractivity contribution in [2.75, 3.05) is 0 Å². The molecule has 0 aliphatic heterocycles. The molecule has 16 aromatic heterocycles. The standard InChI is InChI=1S/C26H22FN5O2.C25H22N6O2.C24H21N5O2S.C22H19N5O2S2.CH4/c1-14-21(15(2)34-32-14)17-13-18(23-24(22(17)27)31-25(30-23)16-9-10-16)26(33,19-7-3-5-11-28-19)20-8-4-6-12-29-20;1-14-22(15(2)33-31-14)17-9-19(23-20(10-17)29-24(30-23)16-6-7-16)25(32,18-11-26-13-27-12-18)21-5-3-4-8-28-21;1-13-20(14(2)31-29-13)16-11-17(21-18(12-16)27-22(28-21)15-6-7-15)24(30,23-26-9-10-32-23)19-5-3-4-8-25-19;1-11-17(12(2)29-27-11)14-9-15(18-16(10-14)25-19(26-18)13-3-4-13)22(28,20-23-5-7-30-20)21-24-6-8-31-21;/h3-8,11-13,16,33H,9-10H2,1-2H3,(H,30,31);3-5,8-13,16,32H,6-7H2,1-2H3,(H,29,30);3-5,8-12,15,30H,6-7H2,1-2H3,(H,27,28);5-10,13,28H,3-4H2,1-2H3,(H,25,26);1H4. The van der Waals surface area contributed by atoms with Crippen molar-refractivity contribution in [2.24, 2.45) is 0 Å². The maximum atomic E-state index is 16.0. The molecular weight excluding hydrogens is 1710 g/mol. The number of rotatable bonds is 20. The highest BCUT2D eigenvalue weighted by atomic mass is 32.1. The van der Waals surface area contributed by atoms with Crippen LogP contribution < -0.4 is 0 Å². The van der Waals surface area contributed by atoms with E-state index in [1.807, 2.05) is 112 Å². The van der Waals surface area contributed by atoms with E-state index in [2.05, 4.69) is 97.6 Å². The van der Waals surface area contributed by atoms with Crippen LogP contribution in [0.2, 0.25) is 0 Å². The van der Waals surface area contributed by atoms with Gasteiger partial charge in [-0.25, -0.2) is 49.2 Å². The normalized spacial score (nSPS) is 14.9. The Kier molecular flexibility index (Phi) is 21.9. The molecule has 0 amide bonds. The Bertz CT molecular complexity index is 7360. The van der Waals surface area contributed by atoms with E-state index >= 15 is 4.39 Å². The van der Waals surface area contributed by atoms with Crippen molar-refractivity contribution < 1.29 is 42.9 Å². The molecule has 20 aromatic rings. The Morgan fingerprint density at radius 1 is 0.359 bits per heavy atom. The van der Waals surface area contributed by atoms with Gasteiger partial charge in [-0.1, -0.05) is 52.3 Å². The van der Waals surface area contributed by atoms with Crippen LogP contribution in [0.4, 0.5) is 4.39 Å². The Morgan fingerprint density at radius 2 is 0.679 bits per heavy atom. The minimum Gasteiger partial charge on any atom is -0.374 e. The van der Waals surface area contributed by atoms with Crippen molar-refractivity contribution in [3.05, 3.63) is 334 Å². The summed E-state index contributed by atoms with van der Waals surface area (Å²) in [6.07, 6.45) is 25.1. The summed E-state index contributed by atoms with van der Waals surface area (Å²) in [4.78, 5) is 73.0. The van der Waals surface area contributed by atoms with E-state index in [-0.39, 0.29) is 24.4 Å². The molecule has 0 radical (unpaired) electrons. The number of hydrogen-bond acceptors (Lipinski definition) is 28. The van der Waals surface area contributed by atoms with Gasteiger partial charge in [0.2, 0.25) is 0 Å². The van der Waals surface area contributed by atoms with Gasteiger partial charge in [-0.15, -0.1) is 34.0 Å². The van der Waals surface area contributed by atoms with Gasteiger partial charge in [-0.2, -0.15) is 0 Å². The van der Waals surface area contributed by atoms with Crippen LogP contribution in [0.5, 0.6) is 0 Å². The second kappa shape index (κ2) is 33.8. The van der Waals surface area contributed by atoms with Gasteiger partial charge in [0, 0.05) is 146 Å². The molecular formula is C98H88FN21O8S3. The van der Waals surface area contributed by atoms with Crippen LogP contribution in [0.15, 0.2) is 212 Å². The molecule has 0 spiro atoms. The summed E-state index contributed by atoms with van der Waals surface area (Å²) in [6, 6.07) is 35.3. The number of imidazole rings is 4. The molecule has 29 nitrogen and oxygen atoms in total. The number of nitrogens with one attached hydrogen (secondary N) is 4. The summed E-state index contributed by atoms with van der Waals surface area (Å²) in [5.74, 6) is 7.37. The van der Waals surface area contributed by atoms with E-state index in [4.69, 9.17) is 38.0 Å². The monoisotopic (exact) mass is 1800 g/mol. The van der Waals surface area contributed by atoms with Crippen molar-refractivity contribution in [2.45, 2.75) is 160 Å². The molecule has 4 fully saturated rings. The van der Waals surface area contributed by atoms with E-state index in [1.54, 1.807) is 118 Å². The third kappa shape index (κ3) is 15.2. The minimum atomic E-state index is -1.78. The topological polar surface area (TPSA) is 416 Å². The summed E-state index contributed by atoms with van der Waals surface area (Å²) in [5, 5.41) is 73.0. The fraction of sp³-hybridized carbons (Fsp3) is 0.255. The van der Waals surface area contributed by atoms with Crippen LogP contribution in [-0.2, 0) is 22.4 Å². The van der Waals surface area contributed by atoms with Crippen molar-refractivity contribution >= 4 is 78.1 Å². The predicted octanol–water partition coefficient (Wildman–Crippen LogP) is 19.5. The maximum Gasteiger partial charge on any atom is 0.195 e. The van der Waals surface area contributed by atoms with Crippen molar-refractivity contribution in [1.82, 2.24) is 105 Å². The van der Waals surface area contributed by atoms with Gasteiger partial charge in [0.15, 0.2) is 28.2 Å². The molecule has 0 bridgehead atoms. The number of halogens is 1. The number of nitrogens with zero attached hydrogens (tertiary/aromatic N) is 17. The number of pyridine rings is 4. The summed E-state index contributed by atoms with van der Waals surface area (Å²) in [5.41, 5.74) is 12.6. The van der Waals surface area contributed by atoms with Gasteiger partial charge >= 0.3 is 0 Å². The lowest BCUT2D eigenvalue weighted by atomic mass is 9.82. The van der Waals surface area contributed by atoms with Crippen LogP contribution in [0, 0.1) is 61.2 Å². The quantitative estimate of drug-likeness (QED) is 0.0351. The SMILES string of the molecule is C.Cc1noc(C)c1-c1cc(C(O)(c2ccccn2)c2ccccn2)c2nc(C3CC3)[nH]c2c1F.Cc1noc(C)c1-c1cc(C(O)(c2ccccn2)c2nccs2)c2nc(C3CC3)[nH]c2c1.Cc1noc(C)c1-c1cc(C(O)(c2cncnc2)c2ccccn2)c2nc(C3CC3)[nH]c2c1.Cc1noc(C)c1-c1cc(C(O)(c2nccs2)c2nccs2)c2nc(C3CC3)[nH]c2c1. The first-order valence-electron chi connectivity index (χ1n) is 42.7. The average molecular weight is 1800 g/mol. The Hall–Kier alpha value is -14.1. The number of benzene rings is 4. The summed E-state index contributed by atoms with van der Waals surface area (Å²) in [7, 11) is 0. The number of aromatic amines is 4. The Morgan fingerprint density at radius 3 is 1.02 bits per heavy atom. The van der Waals surface area contributed by atoms with Gasteiger partial charge in [0.1, 0.15) is 73.2 Å². The molecule has 0 saturated heterocycles. The Balaban J connectivity index is 0.000000109. The zero-order valence-electron chi connectivity index (χ0n) is 71.6. The van der Waals surface area contributed by atoms with Crippen molar-refractivity contribution in [3.8, 4) is 44.5 Å². The molecule has 8 N–H and O–H groups in total. The first-order valence-corrected chi connectivity index (χ1v) is 45.4. The minimum absolute atomic E-state index is 0. The zero-order valence-corrected chi connectivity index (χ0v) is 74.0. The third-order valence-electron chi connectivity index (χ3n) is 24.6. The maximum absolute atomic E-state index is 16.0. The molecule has 16 heterocycles. The summed E-state index contributed by atoms with van der Waals surface area (Å²) >= 11 is 4.20. The highest BCUT2D eigenvalue weighted by Gasteiger charge is 2.47. The molecule has 4 aromatic carbocycles. The van der Waals surface area contributed by atoms with Crippen LogP contribution in [0.1, 0.15) is 217 Å². The molecule has 2 unspecified atom stereocenters. The number of aryl methyl sites for hydroxylation is 8. The molecule has 658 valence electrons. The average Bonchev–Trinajstić information content (AvgIpc) is 1.62. The fourth-order valence-corrected chi connectivity index (χ4v) is 19.9. The second-order valence-corrected chi connectivity index (χ2v) is 36.2. The number of hydrogen-bond donors (Lipinski definition) is 8. The molecule has 131 heavy (non-hydrogen) atoms. The highest BCUT2D eigenvalue weighted by Crippen LogP contribution is 2.52. The first kappa shape index (κ1) is 85.1. The first-order chi connectivity index (χ1) is 63.1. The van der Waals surface area contributed by atoms with E-state index in [0.717, 1.165) is 164 Å². The lowest BCUT2D eigenvalue weighted by molar-refractivity contribution is 0.117. The summed E-state index contributed by atoms with van der Waals surface area (Å²) in [6.45, 7) is 14.9. The van der Waals surface area contributed by atoms with Gasteiger partial charge in [-0.05, 0) is 214 Å². The zero-order chi connectivity index (χ0) is 89.1. The summed E-state index contributed by atoms with van der Waals surface area (Å²) < 4.78 is 37.6. The number of H-pyrrole nitrogens is 4.